The minimum atomic E-state index is -0.935. The second-order valence-electron chi connectivity index (χ2n) is 7.28. The smallest absolute Gasteiger partial charge is 0.326 e. The molecule has 3 rings (SSSR count). The molecule has 1 atom stereocenters. The van der Waals surface area contributed by atoms with E-state index in [9.17, 15) is 14.7 Å². The van der Waals surface area contributed by atoms with Gasteiger partial charge in [0.15, 0.2) is 0 Å². The van der Waals surface area contributed by atoms with Gasteiger partial charge in [-0.3, -0.25) is 9.78 Å². The van der Waals surface area contributed by atoms with Crippen molar-refractivity contribution in [2.24, 2.45) is 0 Å². The number of nitrogens with zero attached hydrogens (tertiary/aromatic N) is 1. The van der Waals surface area contributed by atoms with Crippen molar-refractivity contribution in [1.82, 2.24) is 4.98 Å². The van der Waals surface area contributed by atoms with Crippen LogP contribution in [0.3, 0.4) is 0 Å². The molecule has 3 aromatic rings. The van der Waals surface area contributed by atoms with Crippen molar-refractivity contribution in [2.45, 2.75) is 32.2 Å². The van der Waals surface area contributed by atoms with Gasteiger partial charge in [0.2, 0.25) is 0 Å². The maximum atomic E-state index is 12.5. The van der Waals surface area contributed by atoms with E-state index < -0.39 is 17.9 Å². The fourth-order valence-electron chi connectivity index (χ4n) is 3.32. The zero-order valence-corrected chi connectivity index (χ0v) is 19.0. The number of aromatic nitrogens is 1. The fraction of sp³-hybridized carbons (Fsp3) is 0.208. The van der Waals surface area contributed by atoms with Gasteiger partial charge in [-0.25, -0.2) is 4.79 Å². The Labute approximate surface area is 196 Å². The number of pyridine rings is 1. The lowest BCUT2D eigenvalue weighted by atomic mass is 10.0. The van der Waals surface area contributed by atoms with Crippen LogP contribution in [0.5, 0.6) is 0 Å². The molecule has 6 nitrogen and oxygen atoms in total. The van der Waals surface area contributed by atoms with Crippen LogP contribution in [0.2, 0.25) is 10.0 Å². The number of aryl methyl sites for hydroxylation is 1. The molecular weight excluding hydrogens is 449 g/mol. The molecule has 0 aliphatic carbocycles. The van der Waals surface area contributed by atoms with Gasteiger partial charge in [0.25, 0.3) is 5.91 Å². The van der Waals surface area contributed by atoms with Crippen molar-refractivity contribution in [2.75, 3.05) is 10.6 Å². The van der Waals surface area contributed by atoms with E-state index in [2.05, 4.69) is 22.5 Å². The molecule has 1 unspecified atom stereocenters. The Morgan fingerprint density at radius 3 is 2.31 bits per heavy atom. The van der Waals surface area contributed by atoms with Crippen molar-refractivity contribution in [1.29, 1.82) is 0 Å². The third-order valence-electron chi connectivity index (χ3n) is 4.90. The van der Waals surface area contributed by atoms with E-state index in [-0.39, 0.29) is 22.0 Å². The van der Waals surface area contributed by atoms with Gasteiger partial charge in [0.05, 0.1) is 15.6 Å². The average Bonchev–Trinajstić information content (AvgIpc) is 2.76. The third-order valence-corrected chi connectivity index (χ3v) is 5.47. The van der Waals surface area contributed by atoms with Gasteiger partial charge in [-0.05, 0) is 35.7 Å². The molecule has 3 N–H and O–H groups in total. The fourth-order valence-corrected chi connectivity index (χ4v) is 3.85. The Morgan fingerprint density at radius 1 is 1.03 bits per heavy atom. The molecule has 0 fully saturated rings. The summed E-state index contributed by atoms with van der Waals surface area (Å²) in [4.78, 5) is 28.2. The molecule has 166 valence electrons. The average molecular weight is 472 g/mol. The Kier molecular flexibility index (Phi) is 8.09. The van der Waals surface area contributed by atoms with Gasteiger partial charge < -0.3 is 15.7 Å². The van der Waals surface area contributed by atoms with Crippen LogP contribution in [0.4, 0.5) is 11.4 Å². The van der Waals surface area contributed by atoms with E-state index in [1.54, 1.807) is 24.3 Å². The van der Waals surface area contributed by atoms with Crippen LogP contribution in [0.1, 0.15) is 34.8 Å². The number of benzene rings is 2. The molecule has 0 spiro atoms. The van der Waals surface area contributed by atoms with E-state index in [1.165, 1.54) is 12.4 Å². The second-order valence-corrected chi connectivity index (χ2v) is 8.09. The molecule has 1 amide bonds. The van der Waals surface area contributed by atoms with Crippen molar-refractivity contribution in [3.05, 3.63) is 87.7 Å². The Balaban J connectivity index is 1.69. The number of carbonyl (C=O) groups is 2. The van der Waals surface area contributed by atoms with Gasteiger partial charge >= 0.3 is 5.97 Å². The lowest BCUT2D eigenvalue weighted by molar-refractivity contribution is -0.137. The molecule has 8 heteroatoms. The molecule has 0 aliphatic rings. The minimum Gasteiger partial charge on any atom is -0.480 e. The summed E-state index contributed by atoms with van der Waals surface area (Å²) in [5.74, 6) is -1.39. The van der Waals surface area contributed by atoms with Crippen LogP contribution in [0.25, 0.3) is 0 Å². The lowest BCUT2D eigenvalue weighted by Gasteiger charge is -2.18. The molecule has 1 heterocycles. The molecule has 0 radical (unpaired) electrons. The van der Waals surface area contributed by atoms with Crippen molar-refractivity contribution >= 4 is 46.5 Å². The first-order valence-electron chi connectivity index (χ1n) is 10.2. The van der Waals surface area contributed by atoms with Crippen LogP contribution >= 0.6 is 23.2 Å². The summed E-state index contributed by atoms with van der Waals surface area (Å²) < 4.78 is 0. The summed E-state index contributed by atoms with van der Waals surface area (Å²) in [6, 6.07) is 13.9. The molecule has 1 aromatic heterocycles. The summed E-state index contributed by atoms with van der Waals surface area (Å²) in [6.07, 6.45) is 4.83. The number of hydrogen-bond donors (Lipinski definition) is 3. The Morgan fingerprint density at radius 2 is 1.69 bits per heavy atom. The zero-order valence-electron chi connectivity index (χ0n) is 17.4. The molecular formula is C24H23Cl2N3O3. The molecule has 0 aliphatic heterocycles. The number of aliphatic carboxylic acids is 1. The first kappa shape index (κ1) is 23.6. The van der Waals surface area contributed by atoms with Crippen LogP contribution in [0.15, 0.2) is 60.9 Å². The Bertz CT molecular complexity index is 1080. The summed E-state index contributed by atoms with van der Waals surface area (Å²) >= 11 is 12.1. The third kappa shape index (κ3) is 5.99. The summed E-state index contributed by atoms with van der Waals surface area (Å²) in [5, 5.41) is 15.9. The predicted octanol–water partition coefficient (Wildman–Crippen LogP) is 5.70. The predicted molar refractivity (Wildman–Crippen MR) is 128 cm³/mol. The first-order chi connectivity index (χ1) is 15.4. The number of halogens is 2. The van der Waals surface area contributed by atoms with Crippen molar-refractivity contribution < 1.29 is 14.7 Å². The molecule has 0 saturated heterocycles. The van der Waals surface area contributed by atoms with Crippen LogP contribution in [-0.2, 0) is 17.6 Å². The number of rotatable bonds is 9. The van der Waals surface area contributed by atoms with Gasteiger partial charge in [-0.2, -0.15) is 0 Å². The van der Waals surface area contributed by atoms with Gasteiger partial charge in [0, 0.05) is 30.2 Å². The highest BCUT2D eigenvalue weighted by Gasteiger charge is 2.19. The van der Waals surface area contributed by atoms with Crippen LogP contribution in [-0.4, -0.2) is 28.0 Å². The molecule has 32 heavy (non-hydrogen) atoms. The number of carboxylic acid groups (broad SMARTS) is 1. The maximum absolute atomic E-state index is 12.5. The van der Waals surface area contributed by atoms with E-state index in [1.807, 2.05) is 24.3 Å². The first-order valence-corrected chi connectivity index (χ1v) is 10.9. The van der Waals surface area contributed by atoms with Gasteiger partial charge in [-0.1, -0.05) is 66.9 Å². The van der Waals surface area contributed by atoms with E-state index in [0.29, 0.717) is 5.69 Å². The van der Waals surface area contributed by atoms with Gasteiger partial charge in [-0.15, -0.1) is 0 Å². The van der Waals surface area contributed by atoms with Crippen molar-refractivity contribution in [3.8, 4) is 0 Å². The summed E-state index contributed by atoms with van der Waals surface area (Å²) in [5.41, 5.74) is 3.42. The number of amides is 1. The highest BCUT2D eigenvalue weighted by molar-refractivity contribution is 6.40. The number of hydrogen-bond acceptors (Lipinski definition) is 4. The number of nitrogens with one attached hydrogen (secondary N) is 2. The largest absolute Gasteiger partial charge is 0.480 e. The standard InChI is InChI=1S/C24H23Cl2N3O3/c1-2-5-16-6-3-4-7-20(16)29-21(24(31)32)12-15-8-10-17(11-9-15)28-23(30)22-18(25)13-27-14-19(22)26/h3-4,6-11,13-14,21,29H,2,5,12H2,1H3,(H,28,30)(H,31,32). The van der Waals surface area contributed by atoms with Crippen LogP contribution < -0.4 is 10.6 Å². The SMILES string of the molecule is CCCc1ccccc1NC(Cc1ccc(NC(=O)c2c(Cl)cncc2Cl)cc1)C(=O)O. The molecule has 0 bridgehead atoms. The monoisotopic (exact) mass is 471 g/mol. The molecule has 0 saturated carbocycles. The highest BCUT2D eigenvalue weighted by Crippen LogP contribution is 2.24. The van der Waals surface area contributed by atoms with E-state index in [0.717, 1.165) is 29.7 Å². The van der Waals surface area contributed by atoms with Crippen LogP contribution in [0, 0.1) is 0 Å². The molecule has 2 aromatic carbocycles. The number of carboxylic acids is 1. The highest BCUT2D eigenvalue weighted by atomic mass is 35.5. The number of para-hydroxylation sites is 1. The van der Waals surface area contributed by atoms with Crippen molar-refractivity contribution in [3.63, 3.8) is 0 Å². The summed E-state index contributed by atoms with van der Waals surface area (Å²) in [6.45, 7) is 2.09. The maximum Gasteiger partial charge on any atom is 0.326 e. The van der Waals surface area contributed by atoms with E-state index >= 15 is 0 Å². The minimum absolute atomic E-state index is 0.147. The normalized spacial score (nSPS) is 11.6. The number of carbonyl (C=O) groups excluding carboxylic acids is 1. The quantitative estimate of drug-likeness (QED) is 0.372. The Hall–Kier alpha value is -3.09. The second kappa shape index (κ2) is 11.0. The lowest BCUT2D eigenvalue weighted by Crippen LogP contribution is -2.31. The zero-order chi connectivity index (χ0) is 23.1. The topological polar surface area (TPSA) is 91.3 Å². The summed E-state index contributed by atoms with van der Waals surface area (Å²) in [7, 11) is 0. The van der Waals surface area contributed by atoms with Gasteiger partial charge in [0.1, 0.15) is 6.04 Å². The number of anilines is 2. The van der Waals surface area contributed by atoms with E-state index in [4.69, 9.17) is 23.2 Å².